The van der Waals surface area contributed by atoms with Crippen LogP contribution < -0.4 is 10.1 Å². The van der Waals surface area contributed by atoms with E-state index in [-0.39, 0.29) is 0 Å². The summed E-state index contributed by atoms with van der Waals surface area (Å²) in [6, 6.07) is 2.43. The lowest BCUT2D eigenvalue weighted by molar-refractivity contribution is 0.0551. The SMILES string of the molecule is COCCNCc1cc(F)c(OC(C)C(C)O)c(F)c1. The molecule has 4 nitrogen and oxygen atoms in total. The number of hydrogen-bond acceptors (Lipinski definition) is 4. The Labute approximate surface area is 117 Å². The van der Waals surface area contributed by atoms with E-state index in [4.69, 9.17) is 9.47 Å². The van der Waals surface area contributed by atoms with Crippen molar-refractivity contribution in [3.8, 4) is 5.75 Å². The van der Waals surface area contributed by atoms with E-state index in [2.05, 4.69) is 5.32 Å². The Morgan fingerprint density at radius 1 is 1.25 bits per heavy atom. The average molecular weight is 289 g/mol. The molecule has 2 atom stereocenters. The van der Waals surface area contributed by atoms with Gasteiger partial charge in [0, 0.05) is 20.2 Å². The van der Waals surface area contributed by atoms with E-state index in [1.165, 1.54) is 19.1 Å². The summed E-state index contributed by atoms with van der Waals surface area (Å²) in [5.74, 6) is -2.01. The van der Waals surface area contributed by atoms with E-state index >= 15 is 0 Å². The van der Waals surface area contributed by atoms with Crippen LogP contribution in [0.15, 0.2) is 12.1 Å². The summed E-state index contributed by atoms with van der Waals surface area (Å²) in [6.07, 6.45) is -1.51. The van der Waals surface area contributed by atoms with Crippen molar-refractivity contribution in [3.05, 3.63) is 29.3 Å². The van der Waals surface area contributed by atoms with Crippen LogP contribution in [0.3, 0.4) is 0 Å². The highest BCUT2D eigenvalue weighted by Gasteiger charge is 2.18. The molecular weight excluding hydrogens is 268 g/mol. The fourth-order valence-corrected chi connectivity index (χ4v) is 1.52. The molecule has 0 aliphatic carbocycles. The normalized spacial score (nSPS) is 14.1. The first-order chi connectivity index (χ1) is 9.45. The van der Waals surface area contributed by atoms with Crippen molar-refractivity contribution in [2.24, 2.45) is 0 Å². The minimum absolute atomic E-state index is 0.337. The monoisotopic (exact) mass is 289 g/mol. The molecule has 0 amide bonds. The number of ether oxygens (including phenoxy) is 2. The molecule has 20 heavy (non-hydrogen) atoms. The molecular formula is C14H21F2NO3. The highest BCUT2D eigenvalue weighted by molar-refractivity contribution is 5.31. The van der Waals surface area contributed by atoms with Crippen LogP contribution in [0.25, 0.3) is 0 Å². The molecule has 0 aliphatic heterocycles. The predicted molar refractivity (Wildman–Crippen MR) is 71.7 cm³/mol. The van der Waals surface area contributed by atoms with Crippen molar-refractivity contribution in [3.63, 3.8) is 0 Å². The fourth-order valence-electron chi connectivity index (χ4n) is 1.52. The summed E-state index contributed by atoms with van der Waals surface area (Å²) in [6.45, 7) is 4.50. The molecule has 6 heteroatoms. The van der Waals surface area contributed by atoms with Crippen molar-refractivity contribution >= 4 is 0 Å². The van der Waals surface area contributed by atoms with Gasteiger partial charge in [-0.3, -0.25) is 0 Å². The maximum absolute atomic E-state index is 13.8. The number of aliphatic hydroxyl groups excluding tert-OH is 1. The topological polar surface area (TPSA) is 50.7 Å². The summed E-state index contributed by atoms with van der Waals surface area (Å²) >= 11 is 0. The van der Waals surface area contributed by atoms with E-state index in [1.807, 2.05) is 0 Å². The largest absolute Gasteiger partial charge is 0.482 e. The van der Waals surface area contributed by atoms with E-state index in [0.717, 1.165) is 0 Å². The number of halogens is 2. The Morgan fingerprint density at radius 2 is 1.85 bits per heavy atom. The molecule has 114 valence electrons. The number of nitrogens with one attached hydrogen (secondary N) is 1. The van der Waals surface area contributed by atoms with Crippen LogP contribution >= 0.6 is 0 Å². The molecule has 0 aliphatic rings. The van der Waals surface area contributed by atoms with E-state index in [9.17, 15) is 13.9 Å². The van der Waals surface area contributed by atoms with Crippen molar-refractivity contribution in [1.82, 2.24) is 5.32 Å². The average Bonchev–Trinajstić information content (AvgIpc) is 2.38. The minimum atomic E-state index is -0.816. The Bertz CT molecular complexity index is 404. The standard InChI is InChI=1S/C14H21F2NO3/c1-9(18)10(2)20-14-12(15)6-11(7-13(14)16)8-17-4-5-19-3/h6-7,9-10,17-18H,4-5,8H2,1-3H3. The number of benzene rings is 1. The molecule has 0 saturated carbocycles. The third-order valence-electron chi connectivity index (χ3n) is 2.85. The lowest BCUT2D eigenvalue weighted by Gasteiger charge is -2.18. The fraction of sp³-hybridized carbons (Fsp3) is 0.571. The molecule has 0 spiro atoms. The summed E-state index contributed by atoms with van der Waals surface area (Å²) in [4.78, 5) is 0. The van der Waals surface area contributed by atoms with Crippen molar-refractivity contribution in [2.45, 2.75) is 32.6 Å². The Morgan fingerprint density at radius 3 is 2.35 bits per heavy atom. The smallest absolute Gasteiger partial charge is 0.191 e. The third-order valence-corrected chi connectivity index (χ3v) is 2.85. The van der Waals surface area contributed by atoms with E-state index in [1.54, 1.807) is 14.0 Å². The maximum atomic E-state index is 13.8. The molecule has 0 aromatic heterocycles. The predicted octanol–water partition coefficient (Wildman–Crippen LogP) is 1.85. The van der Waals surface area contributed by atoms with Gasteiger partial charge in [-0.05, 0) is 31.5 Å². The highest BCUT2D eigenvalue weighted by Crippen LogP contribution is 2.25. The minimum Gasteiger partial charge on any atom is -0.482 e. The van der Waals surface area contributed by atoms with Gasteiger partial charge in [-0.25, -0.2) is 8.78 Å². The van der Waals surface area contributed by atoms with Gasteiger partial charge in [0.25, 0.3) is 0 Å². The van der Waals surface area contributed by atoms with Gasteiger partial charge in [-0.1, -0.05) is 0 Å². The van der Waals surface area contributed by atoms with Crippen molar-refractivity contribution in [1.29, 1.82) is 0 Å². The molecule has 2 N–H and O–H groups in total. The van der Waals surface area contributed by atoms with E-state index < -0.39 is 29.6 Å². The molecule has 0 fully saturated rings. The van der Waals surface area contributed by atoms with Gasteiger partial charge in [0.2, 0.25) is 0 Å². The lowest BCUT2D eigenvalue weighted by atomic mass is 10.2. The molecule has 0 heterocycles. The molecule has 0 saturated heterocycles. The number of rotatable bonds is 8. The zero-order valence-corrected chi connectivity index (χ0v) is 12.0. The molecule has 2 unspecified atom stereocenters. The molecule has 1 aromatic carbocycles. The zero-order chi connectivity index (χ0) is 15.1. The second kappa shape index (κ2) is 8.14. The van der Waals surface area contributed by atoms with Gasteiger partial charge in [-0.2, -0.15) is 0 Å². The van der Waals surface area contributed by atoms with Crippen molar-refractivity contribution < 1.29 is 23.4 Å². The van der Waals surface area contributed by atoms with Crippen LogP contribution in [0.5, 0.6) is 5.75 Å². The first-order valence-corrected chi connectivity index (χ1v) is 6.48. The molecule has 0 radical (unpaired) electrons. The Kier molecular flexibility index (Phi) is 6.84. The van der Waals surface area contributed by atoms with Crippen LogP contribution in [0, 0.1) is 11.6 Å². The van der Waals surface area contributed by atoms with Gasteiger partial charge in [0.05, 0.1) is 12.7 Å². The third kappa shape index (κ3) is 5.03. The zero-order valence-electron chi connectivity index (χ0n) is 12.0. The first kappa shape index (κ1) is 16.8. The van der Waals surface area contributed by atoms with Gasteiger partial charge in [-0.15, -0.1) is 0 Å². The van der Waals surface area contributed by atoms with Crippen LogP contribution in [0.4, 0.5) is 8.78 Å². The second-order valence-electron chi connectivity index (χ2n) is 4.62. The lowest BCUT2D eigenvalue weighted by Crippen LogP contribution is -2.26. The Balaban J connectivity index is 2.71. The maximum Gasteiger partial charge on any atom is 0.191 e. The summed E-state index contributed by atoms with van der Waals surface area (Å²) in [7, 11) is 1.58. The summed E-state index contributed by atoms with van der Waals surface area (Å²) < 4.78 is 37.6. The van der Waals surface area contributed by atoms with Gasteiger partial charge < -0.3 is 19.9 Å². The summed E-state index contributed by atoms with van der Waals surface area (Å²) in [5.41, 5.74) is 0.480. The van der Waals surface area contributed by atoms with Gasteiger partial charge >= 0.3 is 0 Å². The van der Waals surface area contributed by atoms with E-state index in [0.29, 0.717) is 25.3 Å². The van der Waals surface area contributed by atoms with Crippen LogP contribution in [0.2, 0.25) is 0 Å². The molecule has 1 aromatic rings. The van der Waals surface area contributed by atoms with Gasteiger partial charge in [0.15, 0.2) is 17.4 Å². The summed E-state index contributed by atoms with van der Waals surface area (Å²) in [5, 5.41) is 12.3. The Hall–Kier alpha value is -1.24. The molecule has 1 rings (SSSR count). The number of hydrogen-bond donors (Lipinski definition) is 2. The second-order valence-corrected chi connectivity index (χ2v) is 4.62. The van der Waals surface area contributed by atoms with Crippen LogP contribution in [-0.4, -0.2) is 37.6 Å². The van der Waals surface area contributed by atoms with Gasteiger partial charge in [0.1, 0.15) is 6.10 Å². The molecule has 0 bridgehead atoms. The highest BCUT2D eigenvalue weighted by atomic mass is 19.1. The van der Waals surface area contributed by atoms with Crippen LogP contribution in [0.1, 0.15) is 19.4 Å². The number of methoxy groups -OCH3 is 1. The quantitative estimate of drug-likeness (QED) is 0.717. The number of aliphatic hydroxyl groups is 1. The first-order valence-electron chi connectivity index (χ1n) is 6.48. The van der Waals surface area contributed by atoms with Crippen molar-refractivity contribution in [2.75, 3.05) is 20.3 Å². The van der Waals surface area contributed by atoms with Crippen LogP contribution in [-0.2, 0) is 11.3 Å².